The summed E-state index contributed by atoms with van der Waals surface area (Å²) < 4.78 is 0. The fraction of sp³-hybridized carbons (Fsp3) is 0.391. The van der Waals surface area contributed by atoms with E-state index in [9.17, 15) is 9.59 Å². The number of rotatable bonds is 3. The molecule has 2 saturated heterocycles. The van der Waals surface area contributed by atoms with Crippen LogP contribution in [0.2, 0.25) is 0 Å². The molecule has 2 fully saturated rings. The van der Waals surface area contributed by atoms with E-state index in [0.29, 0.717) is 24.6 Å². The Kier molecular flexibility index (Phi) is 4.83. The summed E-state index contributed by atoms with van der Waals surface area (Å²) in [4.78, 5) is 29.3. The van der Waals surface area contributed by atoms with Crippen molar-refractivity contribution < 1.29 is 9.59 Å². The first-order valence-electron chi connectivity index (χ1n) is 9.74. The molecule has 1 spiro atoms. The third kappa shape index (κ3) is 3.42. The Balaban J connectivity index is 1.41. The van der Waals surface area contributed by atoms with E-state index in [2.05, 4.69) is 42.3 Å². The number of likely N-dealkylation sites (N-methyl/N-ethyl adjacent to an activating group) is 1. The van der Waals surface area contributed by atoms with Crippen molar-refractivity contribution in [3.8, 4) is 0 Å². The number of carbonyl (C=O) groups is 2. The molecule has 0 bridgehead atoms. The molecular formula is C23H26N2O2. The average molecular weight is 362 g/mol. The van der Waals surface area contributed by atoms with Crippen molar-refractivity contribution in [2.24, 2.45) is 0 Å². The first-order chi connectivity index (χ1) is 13.1. The lowest BCUT2D eigenvalue weighted by Gasteiger charge is -2.43. The maximum absolute atomic E-state index is 12.6. The smallest absolute Gasteiger partial charge is 0.294 e. The first-order valence-corrected chi connectivity index (χ1v) is 9.74. The Hall–Kier alpha value is -2.46. The summed E-state index contributed by atoms with van der Waals surface area (Å²) in [5.74, 6) is -0.214. The third-order valence-corrected chi connectivity index (χ3v) is 6.41. The fourth-order valence-corrected chi connectivity index (χ4v) is 4.72. The molecule has 140 valence electrons. The number of hydrogen-bond acceptors (Lipinski definition) is 3. The second-order valence-electron chi connectivity index (χ2n) is 7.90. The minimum absolute atomic E-state index is 0.146. The number of hydrogen-bond donors (Lipinski definition) is 0. The molecule has 2 aliphatic rings. The lowest BCUT2D eigenvalue weighted by atomic mass is 9.81. The zero-order valence-electron chi connectivity index (χ0n) is 15.8. The number of Topliss-reactive ketones (excluding diaryl/α,β-unsaturated/α-hetero) is 1. The maximum atomic E-state index is 12.6. The molecule has 0 aromatic heterocycles. The van der Waals surface area contributed by atoms with E-state index in [-0.39, 0.29) is 11.4 Å². The lowest BCUT2D eigenvalue weighted by molar-refractivity contribution is -0.128. The zero-order chi connectivity index (χ0) is 18.9. The molecule has 0 N–H and O–H groups in total. The Morgan fingerprint density at radius 3 is 2.15 bits per heavy atom. The lowest BCUT2D eigenvalue weighted by Crippen LogP contribution is -2.53. The summed E-state index contributed by atoms with van der Waals surface area (Å²) in [5.41, 5.74) is 2.02. The number of amides is 1. The van der Waals surface area contributed by atoms with Gasteiger partial charge in [-0.15, -0.1) is 0 Å². The van der Waals surface area contributed by atoms with Gasteiger partial charge < -0.3 is 4.90 Å². The number of likely N-dealkylation sites (tertiary alicyclic amines) is 2. The molecular weight excluding hydrogens is 336 g/mol. The van der Waals surface area contributed by atoms with Crippen LogP contribution in [0.5, 0.6) is 0 Å². The normalized spacial score (nSPS) is 22.1. The Morgan fingerprint density at radius 2 is 1.52 bits per heavy atom. The molecule has 4 heteroatoms. The first kappa shape index (κ1) is 17.9. The standard InChI is InChI=1S/C23H26N2O2/c1-24-17-20(18-8-4-2-5-9-18)16-23(24)12-14-25(15-13-23)22(27)21(26)19-10-6-3-7-11-19/h2-11,20H,12-17H2,1H3/t20-/m1/s1. The number of ketones is 1. The summed E-state index contributed by atoms with van der Waals surface area (Å²) in [6.45, 7) is 2.37. The zero-order valence-corrected chi connectivity index (χ0v) is 15.8. The second kappa shape index (κ2) is 7.28. The molecule has 0 saturated carbocycles. The SMILES string of the molecule is CN1C[C@H](c2ccccc2)CC12CCN(C(=O)C(=O)c1ccccc1)CC2. The monoisotopic (exact) mass is 362 g/mol. The molecule has 2 aliphatic heterocycles. The van der Waals surface area contributed by atoms with Crippen LogP contribution in [0, 0.1) is 0 Å². The van der Waals surface area contributed by atoms with Crippen molar-refractivity contribution >= 4 is 11.7 Å². The predicted octanol–water partition coefficient (Wildman–Crippen LogP) is 3.35. The van der Waals surface area contributed by atoms with Gasteiger partial charge in [-0.25, -0.2) is 0 Å². The Labute approximate surface area is 160 Å². The molecule has 2 aromatic rings. The van der Waals surface area contributed by atoms with Gasteiger partial charge in [0.2, 0.25) is 5.78 Å². The van der Waals surface area contributed by atoms with Gasteiger partial charge in [0.1, 0.15) is 0 Å². The summed E-state index contributed by atoms with van der Waals surface area (Å²) in [7, 11) is 2.20. The van der Waals surface area contributed by atoms with Gasteiger partial charge in [-0.05, 0) is 37.8 Å². The van der Waals surface area contributed by atoms with Crippen molar-refractivity contribution in [3.63, 3.8) is 0 Å². The Bertz CT molecular complexity index is 811. The van der Waals surface area contributed by atoms with E-state index in [1.165, 1.54) is 5.56 Å². The molecule has 1 atom stereocenters. The van der Waals surface area contributed by atoms with Crippen LogP contribution in [0.1, 0.15) is 41.1 Å². The largest absolute Gasteiger partial charge is 0.336 e. The van der Waals surface area contributed by atoms with E-state index in [0.717, 1.165) is 25.8 Å². The minimum atomic E-state index is -0.395. The second-order valence-corrected chi connectivity index (χ2v) is 7.90. The average Bonchev–Trinajstić information content (AvgIpc) is 3.05. The van der Waals surface area contributed by atoms with Gasteiger partial charge in [-0.1, -0.05) is 60.7 Å². The van der Waals surface area contributed by atoms with Gasteiger partial charge in [0.25, 0.3) is 5.91 Å². The highest BCUT2D eigenvalue weighted by atomic mass is 16.2. The van der Waals surface area contributed by atoms with Gasteiger partial charge in [0, 0.05) is 30.7 Å². The van der Waals surface area contributed by atoms with Crippen molar-refractivity contribution in [2.75, 3.05) is 26.7 Å². The number of benzene rings is 2. The van der Waals surface area contributed by atoms with Gasteiger partial charge in [-0.3, -0.25) is 14.5 Å². The van der Waals surface area contributed by atoms with Crippen LogP contribution in [0.25, 0.3) is 0 Å². The molecule has 4 rings (SSSR count). The summed E-state index contributed by atoms with van der Waals surface area (Å²) in [5, 5.41) is 0. The molecule has 27 heavy (non-hydrogen) atoms. The Morgan fingerprint density at radius 1 is 0.926 bits per heavy atom. The molecule has 0 unspecified atom stereocenters. The van der Waals surface area contributed by atoms with Gasteiger partial charge >= 0.3 is 0 Å². The van der Waals surface area contributed by atoms with Crippen LogP contribution in [-0.4, -0.2) is 53.7 Å². The van der Waals surface area contributed by atoms with E-state index >= 15 is 0 Å². The quantitative estimate of drug-likeness (QED) is 0.621. The van der Waals surface area contributed by atoms with Crippen LogP contribution < -0.4 is 0 Å². The van der Waals surface area contributed by atoms with Crippen LogP contribution in [0.4, 0.5) is 0 Å². The van der Waals surface area contributed by atoms with Crippen LogP contribution in [0.3, 0.4) is 0 Å². The minimum Gasteiger partial charge on any atom is -0.336 e. The highest BCUT2D eigenvalue weighted by Gasteiger charge is 2.46. The van der Waals surface area contributed by atoms with E-state index < -0.39 is 5.78 Å². The molecule has 0 radical (unpaired) electrons. The molecule has 2 heterocycles. The van der Waals surface area contributed by atoms with E-state index in [1.54, 1.807) is 29.2 Å². The predicted molar refractivity (Wildman–Crippen MR) is 106 cm³/mol. The number of carbonyl (C=O) groups excluding carboxylic acids is 2. The van der Waals surface area contributed by atoms with Gasteiger partial charge in [0.15, 0.2) is 0 Å². The maximum Gasteiger partial charge on any atom is 0.294 e. The molecule has 2 aromatic carbocycles. The van der Waals surface area contributed by atoms with Crippen LogP contribution in [0.15, 0.2) is 60.7 Å². The highest BCUT2D eigenvalue weighted by Crippen LogP contribution is 2.43. The van der Waals surface area contributed by atoms with Crippen molar-refractivity contribution in [3.05, 3.63) is 71.8 Å². The molecule has 0 aliphatic carbocycles. The highest BCUT2D eigenvalue weighted by molar-refractivity contribution is 6.42. The van der Waals surface area contributed by atoms with E-state index in [1.807, 2.05) is 6.07 Å². The van der Waals surface area contributed by atoms with Crippen LogP contribution in [-0.2, 0) is 4.79 Å². The number of piperidine rings is 1. The van der Waals surface area contributed by atoms with Crippen molar-refractivity contribution in [1.29, 1.82) is 0 Å². The van der Waals surface area contributed by atoms with Crippen molar-refractivity contribution in [1.82, 2.24) is 9.80 Å². The molecule has 4 nitrogen and oxygen atoms in total. The topological polar surface area (TPSA) is 40.6 Å². The van der Waals surface area contributed by atoms with Crippen molar-refractivity contribution in [2.45, 2.75) is 30.7 Å². The fourth-order valence-electron chi connectivity index (χ4n) is 4.72. The number of nitrogens with zero attached hydrogens (tertiary/aromatic N) is 2. The van der Waals surface area contributed by atoms with Crippen LogP contribution >= 0.6 is 0 Å². The third-order valence-electron chi connectivity index (χ3n) is 6.41. The summed E-state index contributed by atoms with van der Waals surface area (Å²) in [6, 6.07) is 19.6. The van der Waals surface area contributed by atoms with Gasteiger partial charge in [-0.2, -0.15) is 0 Å². The summed E-state index contributed by atoms with van der Waals surface area (Å²) >= 11 is 0. The summed E-state index contributed by atoms with van der Waals surface area (Å²) in [6.07, 6.45) is 2.99. The van der Waals surface area contributed by atoms with E-state index in [4.69, 9.17) is 0 Å². The van der Waals surface area contributed by atoms with Gasteiger partial charge in [0.05, 0.1) is 0 Å². The molecule has 1 amide bonds.